The number of nitrogens with zero attached hydrogens (tertiary/aromatic N) is 2. The Hall–Kier alpha value is -3.38. The van der Waals surface area contributed by atoms with Gasteiger partial charge in [-0.1, -0.05) is 42.5 Å². The highest BCUT2D eigenvalue weighted by Crippen LogP contribution is 2.23. The molecule has 0 saturated heterocycles. The fourth-order valence-corrected chi connectivity index (χ4v) is 2.81. The molecule has 6 heteroatoms. The second kappa shape index (κ2) is 9.53. The smallest absolute Gasteiger partial charge is 0.191 e. The lowest BCUT2D eigenvalue weighted by molar-refractivity contribution is 0.417. The molecular weight excluding hydrogens is 368 g/mol. The molecule has 0 heterocycles. The summed E-state index contributed by atoms with van der Waals surface area (Å²) in [5.74, 6) is 0.716. The van der Waals surface area contributed by atoms with Gasteiger partial charge in [0.15, 0.2) is 5.11 Å². The molecule has 2 N–H and O–H groups in total. The van der Waals surface area contributed by atoms with Gasteiger partial charge in [-0.15, -0.1) is 0 Å². The summed E-state index contributed by atoms with van der Waals surface area (Å²) in [6.07, 6.45) is 1.72. The SMILES string of the molecule is COc1ccccc1NC(=S)NN=Cc1ccc(N(C)c2ccccc2)cc1. The van der Waals surface area contributed by atoms with Gasteiger partial charge in [-0.2, -0.15) is 5.10 Å². The topological polar surface area (TPSA) is 48.9 Å². The fraction of sp³-hybridized carbons (Fsp3) is 0.0909. The van der Waals surface area contributed by atoms with Crippen LogP contribution < -0.4 is 20.4 Å². The van der Waals surface area contributed by atoms with Crippen LogP contribution in [0.25, 0.3) is 0 Å². The largest absolute Gasteiger partial charge is 0.495 e. The maximum absolute atomic E-state index is 5.29. The lowest BCUT2D eigenvalue weighted by atomic mass is 10.2. The van der Waals surface area contributed by atoms with Gasteiger partial charge in [0.2, 0.25) is 0 Å². The molecular formula is C22H22N4OS. The molecule has 0 amide bonds. The van der Waals surface area contributed by atoms with Crippen molar-refractivity contribution in [2.75, 3.05) is 24.4 Å². The van der Waals surface area contributed by atoms with Crippen LogP contribution in [0.3, 0.4) is 0 Å². The molecule has 3 aromatic rings. The zero-order valence-corrected chi connectivity index (χ0v) is 16.6. The molecule has 0 aromatic heterocycles. The zero-order valence-electron chi connectivity index (χ0n) is 15.8. The maximum atomic E-state index is 5.29. The molecule has 3 rings (SSSR count). The molecule has 28 heavy (non-hydrogen) atoms. The van der Waals surface area contributed by atoms with Crippen LogP contribution in [0.5, 0.6) is 5.75 Å². The van der Waals surface area contributed by atoms with Gasteiger partial charge >= 0.3 is 0 Å². The summed E-state index contributed by atoms with van der Waals surface area (Å²) in [7, 11) is 3.66. The number of rotatable bonds is 6. The summed E-state index contributed by atoms with van der Waals surface area (Å²) in [4.78, 5) is 2.13. The minimum atomic E-state index is 0.390. The quantitative estimate of drug-likeness (QED) is 0.360. The minimum absolute atomic E-state index is 0.390. The average molecular weight is 391 g/mol. The summed E-state index contributed by atoms with van der Waals surface area (Å²) in [5, 5.41) is 7.65. The number of thiocarbonyl (C=S) groups is 1. The Morgan fingerprint density at radius 3 is 2.29 bits per heavy atom. The number of para-hydroxylation sites is 3. The first-order chi connectivity index (χ1) is 13.7. The van der Waals surface area contributed by atoms with E-state index in [9.17, 15) is 0 Å². The molecule has 0 aliphatic heterocycles. The molecule has 0 unspecified atom stereocenters. The zero-order chi connectivity index (χ0) is 19.8. The van der Waals surface area contributed by atoms with E-state index in [1.54, 1.807) is 13.3 Å². The Balaban J connectivity index is 1.56. The maximum Gasteiger partial charge on any atom is 0.191 e. The Morgan fingerprint density at radius 2 is 1.57 bits per heavy atom. The summed E-state index contributed by atoms with van der Waals surface area (Å²) >= 11 is 5.27. The van der Waals surface area contributed by atoms with E-state index in [0.29, 0.717) is 10.9 Å². The van der Waals surface area contributed by atoms with Gasteiger partial charge in [0, 0.05) is 18.4 Å². The first-order valence-electron chi connectivity index (χ1n) is 8.79. The Kier molecular flexibility index (Phi) is 6.59. The van der Waals surface area contributed by atoms with Gasteiger partial charge in [0.05, 0.1) is 19.0 Å². The van der Waals surface area contributed by atoms with Gasteiger partial charge in [-0.25, -0.2) is 0 Å². The van der Waals surface area contributed by atoms with Crippen LogP contribution in [0.2, 0.25) is 0 Å². The van der Waals surface area contributed by atoms with Crippen LogP contribution in [0.15, 0.2) is 84.0 Å². The van der Waals surface area contributed by atoms with Crippen molar-refractivity contribution in [1.29, 1.82) is 0 Å². The second-order valence-corrected chi connectivity index (χ2v) is 6.42. The molecule has 0 saturated carbocycles. The highest BCUT2D eigenvalue weighted by molar-refractivity contribution is 7.80. The number of ether oxygens (including phenoxy) is 1. The molecule has 0 aliphatic rings. The predicted molar refractivity (Wildman–Crippen MR) is 121 cm³/mol. The van der Waals surface area contributed by atoms with Crippen LogP contribution in [0.1, 0.15) is 5.56 Å². The van der Waals surface area contributed by atoms with E-state index < -0.39 is 0 Å². The summed E-state index contributed by atoms with van der Waals surface area (Å²) in [6, 6.07) is 25.9. The van der Waals surface area contributed by atoms with Crippen LogP contribution in [-0.4, -0.2) is 25.5 Å². The van der Waals surface area contributed by atoms with Gasteiger partial charge in [0.1, 0.15) is 5.75 Å². The third kappa shape index (κ3) is 5.08. The Morgan fingerprint density at radius 1 is 0.929 bits per heavy atom. The van der Waals surface area contributed by atoms with Crippen molar-refractivity contribution >= 4 is 40.6 Å². The normalized spacial score (nSPS) is 10.5. The van der Waals surface area contributed by atoms with Gasteiger partial charge in [-0.3, -0.25) is 5.43 Å². The average Bonchev–Trinajstić information content (AvgIpc) is 2.75. The van der Waals surface area contributed by atoms with E-state index >= 15 is 0 Å². The van der Waals surface area contributed by atoms with E-state index in [2.05, 4.69) is 45.0 Å². The number of hydrazone groups is 1. The van der Waals surface area contributed by atoms with Crippen molar-refractivity contribution in [1.82, 2.24) is 5.43 Å². The van der Waals surface area contributed by atoms with Crippen molar-refractivity contribution in [3.05, 3.63) is 84.4 Å². The van der Waals surface area contributed by atoms with E-state index in [1.165, 1.54) is 0 Å². The minimum Gasteiger partial charge on any atom is -0.495 e. The predicted octanol–water partition coefficient (Wildman–Crippen LogP) is 4.78. The monoisotopic (exact) mass is 390 g/mol. The second-order valence-electron chi connectivity index (χ2n) is 6.01. The number of methoxy groups -OCH3 is 1. The summed E-state index contributed by atoms with van der Waals surface area (Å²) in [6.45, 7) is 0. The van der Waals surface area contributed by atoms with Gasteiger partial charge < -0.3 is 15.0 Å². The van der Waals surface area contributed by atoms with Crippen molar-refractivity contribution in [2.45, 2.75) is 0 Å². The fourth-order valence-electron chi connectivity index (χ4n) is 2.65. The third-order valence-electron chi connectivity index (χ3n) is 4.16. The number of hydrogen-bond acceptors (Lipinski definition) is 4. The Labute approximate surface area is 170 Å². The number of hydrogen-bond donors (Lipinski definition) is 2. The van der Waals surface area contributed by atoms with E-state index in [1.807, 2.05) is 61.6 Å². The standard InChI is InChI=1S/C22H22N4OS/c1-26(18-8-4-3-5-9-18)19-14-12-17(13-15-19)16-23-25-22(28)24-20-10-6-7-11-21(20)27-2/h3-16H,1-2H3,(H2,24,25,28). The highest BCUT2D eigenvalue weighted by atomic mass is 32.1. The third-order valence-corrected chi connectivity index (χ3v) is 4.35. The molecule has 142 valence electrons. The summed E-state index contributed by atoms with van der Waals surface area (Å²) in [5.41, 5.74) is 6.81. The van der Waals surface area contributed by atoms with Gasteiger partial charge in [0.25, 0.3) is 0 Å². The Bertz CT molecular complexity index is 942. The first-order valence-corrected chi connectivity index (χ1v) is 9.20. The van der Waals surface area contributed by atoms with Crippen molar-refractivity contribution < 1.29 is 4.74 Å². The first kappa shape index (κ1) is 19.4. The van der Waals surface area contributed by atoms with Crippen molar-refractivity contribution in [3.63, 3.8) is 0 Å². The molecule has 0 spiro atoms. The van der Waals surface area contributed by atoms with Crippen molar-refractivity contribution in [3.8, 4) is 5.75 Å². The van der Waals surface area contributed by atoms with Crippen LogP contribution in [0.4, 0.5) is 17.1 Å². The molecule has 0 bridgehead atoms. The summed E-state index contributed by atoms with van der Waals surface area (Å²) < 4.78 is 5.29. The van der Waals surface area contributed by atoms with E-state index in [4.69, 9.17) is 17.0 Å². The molecule has 5 nitrogen and oxygen atoms in total. The lowest BCUT2D eigenvalue weighted by Gasteiger charge is -2.19. The van der Waals surface area contributed by atoms with Crippen LogP contribution >= 0.6 is 12.2 Å². The molecule has 3 aromatic carbocycles. The van der Waals surface area contributed by atoms with Crippen LogP contribution in [-0.2, 0) is 0 Å². The van der Waals surface area contributed by atoms with E-state index in [-0.39, 0.29) is 0 Å². The number of nitrogens with one attached hydrogen (secondary N) is 2. The number of anilines is 3. The number of benzene rings is 3. The molecule has 0 fully saturated rings. The molecule has 0 atom stereocenters. The molecule has 0 radical (unpaired) electrons. The van der Waals surface area contributed by atoms with E-state index in [0.717, 1.165) is 22.6 Å². The lowest BCUT2D eigenvalue weighted by Crippen LogP contribution is -2.24. The van der Waals surface area contributed by atoms with Crippen molar-refractivity contribution in [2.24, 2.45) is 5.10 Å². The van der Waals surface area contributed by atoms with Crippen LogP contribution in [0, 0.1) is 0 Å². The highest BCUT2D eigenvalue weighted by Gasteiger charge is 2.04. The molecule has 0 aliphatic carbocycles. The van der Waals surface area contributed by atoms with Gasteiger partial charge in [-0.05, 0) is 54.2 Å².